The molecule has 0 saturated carbocycles. The summed E-state index contributed by atoms with van der Waals surface area (Å²) in [5.74, 6) is 6.62. The number of aryl methyl sites for hydroxylation is 1. The number of anilines is 2. The Bertz CT molecular complexity index is 573. The van der Waals surface area contributed by atoms with E-state index in [2.05, 4.69) is 42.3 Å². The summed E-state index contributed by atoms with van der Waals surface area (Å²) in [7, 11) is 2.00. The third-order valence-electron chi connectivity index (χ3n) is 2.80. The van der Waals surface area contributed by atoms with Crippen molar-refractivity contribution in [2.45, 2.75) is 13.5 Å². The Morgan fingerprint density at radius 1 is 1.37 bits per heavy atom. The molecule has 0 aliphatic carbocycles. The lowest BCUT2D eigenvalue weighted by molar-refractivity contribution is 0.879. The Hall–Kier alpha value is -1.66. The van der Waals surface area contributed by atoms with E-state index in [1.54, 1.807) is 6.20 Å². The molecule has 0 fully saturated rings. The number of halogens is 1. The number of aromatic nitrogens is 2. The van der Waals surface area contributed by atoms with Gasteiger partial charge in [-0.15, -0.1) is 0 Å². The van der Waals surface area contributed by atoms with Crippen LogP contribution in [0, 0.1) is 6.92 Å². The smallest absolute Gasteiger partial charge is 0.239 e. The first-order valence-electron chi connectivity index (χ1n) is 5.86. The Balaban J connectivity index is 2.25. The fourth-order valence-electron chi connectivity index (χ4n) is 1.85. The SMILES string of the molecule is Cc1cnc(NN)nc1N(C)Cc1ccccc1Br. The molecule has 2 rings (SSSR count). The lowest BCUT2D eigenvalue weighted by Gasteiger charge is -2.21. The van der Waals surface area contributed by atoms with Crippen molar-refractivity contribution in [3.8, 4) is 0 Å². The number of benzene rings is 1. The Kier molecular flexibility index (Phi) is 4.34. The van der Waals surface area contributed by atoms with Crippen molar-refractivity contribution in [1.29, 1.82) is 0 Å². The summed E-state index contributed by atoms with van der Waals surface area (Å²) in [6.45, 7) is 2.73. The molecule has 1 aromatic carbocycles. The maximum Gasteiger partial charge on any atom is 0.239 e. The van der Waals surface area contributed by atoms with Crippen LogP contribution in [0.5, 0.6) is 0 Å². The average molecular weight is 322 g/mol. The molecule has 0 aliphatic heterocycles. The van der Waals surface area contributed by atoms with Crippen molar-refractivity contribution in [2.75, 3.05) is 17.4 Å². The van der Waals surface area contributed by atoms with Crippen LogP contribution in [0.3, 0.4) is 0 Å². The number of nitrogens with two attached hydrogens (primary N) is 1. The monoisotopic (exact) mass is 321 g/mol. The molecule has 6 heteroatoms. The largest absolute Gasteiger partial charge is 0.355 e. The molecule has 0 spiro atoms. The molecule has 100 valence electrons. The van der Waals surface area contributed by atoms with Crippen molar-refractivity contribution in [2.24, 2.45) is 5.84 Å². The molecular weight excluding hydrogens is 306 g/mol. The molecule has 0 radical (unpaired) electrons. The van der Waals surface area contributed by atoms with Gasteiger partial charge in [0.25, 0.3) is 0 Å². The summed E-state index contributed by atoms with van der Waals surface area (Å²) < 4.78 is 1.09. The lowest BCUT2D eigenvalue weighted by Crippen LogP contribution is -2.21. The number of nitrogens with one attached hydrogen (secondary N) is 1. The predicted octanol–water partition coefficient (Wildman–Crippen LogP) is 2.47. The normalized spacial score (nSPS) is 10.3. The van der Waals surface area contributed by atoms with Gasteiger partial charge in [0, 0.05) is 29.8 Å². The molecule has 0 amide bonds. The number of hydrazine groups is 1. The van der Waals surface area contributed by atoms with Gasteiger partial charge in [0.15, 0.2) is 0 Å². The lowest BCUT2D eigenvalue weighted by atomic mass is 10.2. The Labute approximate surface area is 121 Å². The first-order valence-corrected chi connectivity index (χ1v) is 6.66. The molecule has 0 bridgehead atoms. The average Bonchev–Trinajstić information content (AvgIpc) is 2.42. The second-order valence-electron chi connectivity index (χ2n) is 4.29. The molecule has 2 aromatic rings. The van der Waals surface area contributed by atoms with Gasteiger partial charge < -0.3 is 4.90 Å². The van der Waals surface area contributed by atoms with E-state index in [0.717, 1.165) is 22.4 Å². The van der Waals surface area contributed by atoms with Crippen LogP contribution in [0.25, 0.3) is 0 Å². The zero-order chi connectivity index (χ0) is 13.8. The highest BCUT2D eigenvalue weighted by atomic mass is 79.9. The minimum atomic E-state index is 0.416. The number of rotatable bonds is 4. The van der Waals surface area contributed by atoms with Gasteiger partial charge in [-0.3, -0.25) is 5.43 Å². The molecule has 0 unspecified atom stereocenters. The molecular formula is C13H16BrN5. The second-order valence-corrected chi connectivity index (χ2v) is 5.15. The molecule has 0 saturated heterocycles. The van der Waals surface area contributed by atoms with E-state index in [9.17, 15) is 0 Å². The first-order chi connectivity index (χ1) is 9.11. The van der Waals surface area contributed by atoms with Crippen molar-refractivity contribution < 1.29 is 0 Å². The topological polar surface area (TPSA) is 67.1 Å². The number of nitrogens with zero attached hydrogens (tertiary/aromatic N) is 3. The van der Waals surface area contributed by atoms with Crippen molar-refractivity contribution in [3.63, 3.8) is 0 Å². The van der Waals surface area contributed by atoms with Crippen LogP contribution in [-0.2, 0) is 6.54 Å². The van der Waals surface area contributed by atoms with Gasteiger partial charge in [0.1, 0.15) is 5.82 Å². The van der Waals surface area contributed by atoms with E-state index in [1.165, 1.54) is 5.56 Å². The fourth-order valence-corrected chi connectivity index (χ4v) is 2.26. The van der Waals surface area contributed by atoms with Crippen LogP contribution in [0.4, 0.5) is 11.8 Å². The van der Waals surface area contributed by atoms with E-state index in [1.807, 2.05) is 32.2 Å². The van der Waals surface area contributed by atoms with Crippen LogP contribution in [0.2, 0.25) is 0 Å². The molecule has 0 aliphatic rings. The summed E-state index contributed by atoms with van der Waals surface area (Å²) >= 11 is 3.55. The fraction of sp³-hybridized carbons (Fsp3) is 0.231. The Morgan fingerprint density at radius 2 is 2.11 bits per heavy atom. The molecule has 3 N–H and O–H groups in total. The standard InChI is InChI=1S/C13H16BrN5/c1-9-7-16-13(18-15)17-12(9)19(2)8-10-5-3-4-6-11(10)14/h3-7H,8,15H2,1-2H3,(H,16,17,18). The van der Waals surface area contributed by atoms with Gasteiger partial charge in [0.2, 0.25) is 5.95 Å². The number of hydrogen-bond donors (Lipinski definition) is 2. The van der Waals surface area contributed by atoms with Crippen molar-refractivity contribution in [1.82, 2.24) is 9.97 Å². The highest BCUT2D eigenvalue weighted by Gasteiger charge is 2.10. The van der Waals surface area contributed by atoms with Crippen molar-refractivity contribution >= 4 is 27.7 Å². The maximum atomic E-state index is 5.34. The van der Waals surface area contributed by atoms with Gasteiger partial charge >= 0.3 is 0 Å². The zero-order valence-corrected chi connectivity index (χ0v) is 12.5. The highest BCUT2D eigenvalue weighted by Crippen LogP contribution is 2.22. The molecule has 5 nitrogen and oxygen atoms in total. The van der Waals surface area contributed by atoms with Crippen LogP contribution < -0.4 is 16.2 Å². The van der Waals surface area contributed by atoms with Crippen molar-refractivity contribution in [3.05, 3.63) is 46.1 Å². The van der Waals surface area contributed by atoms with Gasteiger partial charge in [-0.05, 0) is 18.6 Å². The molecule has 1 aromatic heterocycles. The van der Waals surface area contributed by atoms with Gasteiger partial charge in [-0.1, -0.05) is 34.1 Å². The number of hydrogen-bond acceptors (Lipinski definition) is 5. The minimum Gasteiger partial charge on any atom is -0.355 e. The predicted molar refractivity (Wildman–Crippen MR) is 80.8 cm³/mol. The quantitative estimate of drug-likeness (QED) is 0.669. The number of nitrogen functional groups attached to an aromatic ring is 1. The van der Waals surface area contributed by atoms with Crippen LogP contribution in [0.1, 0.15) is 11.1 Å². The van der Waals surface area contributed by atoms with Crippen LogP contribution in [0.15, 0.2) is 34.9 Å². The van der Waals surface area contributed by atoms with Crippen LogP contribution >= 0.6 is 15.9 Å². The second kappa shape index (κ2) is 5.99. The van der Waals surface area contributed by atoms with Gasteiger partial charge in [-0.2, -0.15) is 4.98 Å². The van der Waals surface area contributed by atoms with Crippen LogP contribution in [-0.4, -0.2) is 17.0 Å². The van der Waals surface area contributed by atoms with Gasteiger partial charge in [0.05, 0.1) is 0 Å². The van der Waals surface area contributed by atoms with E-state index < -0.39 is 0 Å². The third-order valence-corrected chi connectivity index (χ3v) is 3.57. The summed E-state index contributed by atoms with van der Waals surface area (Å²) in [4.78, 5) is 10.5. The highest BCUT2D eigenvalue weighted by molar-refractivity contribution is 9.10. The van der Waals surface area contributed by atoms with E-state index >= 15 is 0 Å². The molecule has 1 heterocycles. The zero-order valence-electron chi connectivity index (χ0n) is 10.9. The maximum absolute atomic E-state index is 5.34. The van der Waals surface area contributed by atoms with Gasteiger partial charge in [-0.25, -0.2) is 10.8 Å². The van der Waals surface area contributed by atoms with E-state index in [-0.39, 0.29) is 0 Å². The summed E-state index contributed by atoms with van der Waals surface area (Å²) in [5.41, 5.74) is 4.67. The third kappa shape index (κ3) is 3.21. The van der Waals surface area contributed by atoms with E-state index in [0.29, 0.717) is 5.95 Å². The van der Waals surface area contributed by atoms with E-state index in [4.69, 9.17) is 5.84 Å². The Morgan fingerprint density at radius 3 is 2.79 bits per heavy atom. The molecule has 19 heavy (non-hydrogen) atoms. The first kappa shape index (κ1) is 13.8. The molecule has 0 atom stereocenters. The summed E-state index contributed by atoms with van der Waals surface area (Å²) in [6, 6.07) is 8.13. The summed E-state index contributed by atoms with van der Waals surface area (Å²) in [6.07, 6.45) is 1.76. The minimum absolute atomic E-state index is 0.416. The summed E-state index contributed by atoms with van der Waals surface area (Å²) in [5, 5.41) is 0.